The SMILES string of the molecule is CCCCC(N)CCC(C)(C)N. The van der Waals surface area contributed by atoms with Gasteiger partial charge in [-0.15, -0.1) is 0 Å². The Hall–Kier alpha value is -0.0800. The molecule has 0 aromatic rings. The Kier molecular flexibility index (Phi) is 5.51. The molecule has 4 N–H and O–H groups in total. The third-order valence-corrected chi connectivity index (χ3v) is 2.09. The van der Waals surface area contributed by atoms with E-state index in [9.17, 15) is 0 Å². The van der Waals surface area contributed by atoms with Crippen LogP contribution in [0.1, 0.15) is 52.9 Å². The fourth-order valence-corrected chi connectivity index (χ4v) is 1.17. The second kappa shape index (κ2) is 5.55. The number of nitrogens with two attached hydrogens (primary N) is 2. The minimum atomic E-state index is -0.0518. The highest BCUT2D eigenvalue weighted by Crippen LogP contribution is 2.11. The standard InChI is InChI=1S/C10H24N2/c1-4-5-6-9(11)7-8-10(2,3)12/h9H,4-8,11-12H2,1-3H3. The minimum absolute atomic E-state index is 0.0518. The molecule has 0 saturated carbocycles. The molecule has 0 aromatic carbocycles. The Morgan fingerprint density at radius 1 is 1.25 bits per heavy atom. The number of unbranched alkanes of at least 4 members (excludes halogenated alkanes) is 1. The first-order chi connectivity index (χ1) is 5.45. The van der Waals surface area contributed by atoms with E-state index in [1.54, 1.807) is 0 Å². The van der Waals surface area contributed by atoms with Gasteiger partial charge in [-0.25, -0.2) is 0 Å². The van der Waals surface area contributed by atoms with Gasteiger partial charge in [0.1, 0.15) is 0 Å². The van der Waals surface area contributed by atoms with Crippen LogP contribution in [0.15, 0.2) is 0 Å². The maximum absolute atomic E-state index is 5.91. The van der Waals surface area contributed by atoms with Crippen LogP contribution in [0.2, 0.25) is 0 Å². The first kappa shape index (κ1) is 11.9. The quantitative estimate of drug-likeness (QED) is 0.644. The van der Waals surface area contributed by atoms with E-state index in [2.05, 4.69) is 20.8 Å². The lowest BCUT2D eigenvalue weighted by Crippen LogP contribution is -2.34. The summed E-state index contributed by atoms with van der Waals surface area (Å²) in [5, 5.41) is 0. The van der Waals surface area contributed by atoms with Crippen LogP contribution in [0.4, 0.5) is 0 Å². The number of hydrogen-bond donors (Lipinski definition) is 2. The average molecular weight is 172 g/mol. The van der Waals surface area contributed by atoms with Gasteiger partial charge in [-0.05, 0) is 33.1 Å². The Morgan fingerprint density at radius 3 is 2.25 bits per heavy atom. The first-order valence-corrected chi connectivity index (χ1v) is 5.00. The summed E-state index contributed by atoms with van der Waals surface area (Å²) in [6.07, 6.45) is 5.71. The molecule has 12 heavy (non-hydrogen) atoms. The number of hydrogen-bond acceptors (Lipinski definition) is 2. The molecule has 0 rings (SSSR count). The molecule has 1 atom stereocenters. The van der Waals surface area contributed by atoms with Crippen molar-refractivity contribution in [2.24, 2.45) is 11.5 Å². The van der Waals surface area contributed by atoms with Crippen LogP contribution in [0, 0.1) is 0 Å². The lowest BCUT2D eigenvalue weighted by Gasteiger charge is -2.20. The predicted octanol–water partition coefficient (Wildman–Crippen LogP) is 2.02. The van der Waals surface area contributed by atoms with Gasteiger partial charge < -0.3 is 11.5 Å². The topological polar surface area (TPSA) is 52.0 Å². The summed E-state index contributed by atoms with van der Waals surface area (Å²) < 4.78 is 0. The van der Waals surface area contributed by atoms with Crippen LogP contribution in [-0.4, -0.2) is 11.6 Å². The molecule has 0 saturated heterocycles. The largest absolute Gasteiger partial charge is 0.328 e. The van der Waals surface area contributed by atoms with Crippen molar-refractivity contribution in [3.8, 4) is 0 Å². The molecule has 1 unspecified atom stereocenters. The molecule has 2 nitrogen and oxygen atoms in total. The maximum atomic E-state index is 5.91. The van der Waals surface area contributed by atoms with Crippen molar-refractivity contribution in [1.29, 1.82) is 0 Å². The Labute approximate surface area is 76.7 Å². The van der Waals surface area contributed by atoms with Gasteiger partial charge in [0.25, 0.3) is 0 Å². The van der Waals surface area contributed by atoms with E-state index in [0.717, 1.165) is 19.3 Å². The van der Waals surface area contributed by atoms with E-state index in [0.29, 0.717) is 6.04 Å². The van der Waals surface area contributed by atoms with Crippen LogP contribution in [-0.2, 0) is 0 Å². The maximum Gasteiger partial charge on any atom is 0.00976 e. The van der Waals surface area contributed by atoms with Gasteiger partial charge in [0, 0.05) is 11.6 Å². The average Bonchev–Trinajstić information content (AvgIpc) is 1.95. The van der Waals surface area contributed by atoms with E-state index in [1.165, 1.54) is 12.8 Å². The molecule has 0 amide bonds. The highest BCUT2D eigenvalue weighted by Gasteiger charge is 2.12. The molecule has 0 aromatic heterocycles. The van der Waals surface area contributed by atoms with Crippen molar-refractivity contribution in [2.45, 2.75) is 64.5 Å². The van der Waals surface area contributed by atoms with E-state index < -0.39 is 0 Å². The van der Waals surface area contributed by atoms with Gasteiger partial charge >= 0.3 is 0 Å². The van der Waals surface area contributed by atoms with Crippen LogP contribution >= 0.6 is 0 Å². The van der Waals surface area contributed by atoms with Gasteiger partial charge in [-0.1, -0.05) is 19.8 Å². The summed E-state index contributed by atoms with van der Waals surface area (Å²) in [5.41, 5.74) is 11.7. The number of rotatable bonds is 6. The summed E-state index contributed by atoms with van der Waals surface area (Å²) in [6, 6.07) is 0.354. The van der Waals surface area contributed by atoms with Crippen LogP contribution in [0.3, 0.4) is 0 Å². The molecule has 0 heterocycles. The minimum Gasteiger partial charge on any atom is -0.328 e. The summed E-state index contributed by atoms with van der Waals surface area (Å²) >= 11 is 0. The van der Waals surface area contributed by atoms with Crippen molar-refractivity contribution in [3.05, 3.63) is 0 Å². The molecule has 0 aliphatic carbocycles. The van der Waals surface area contributed by atoms with Crippen molar-refractivity contribution in [1.82, 2.24) is 0 Å². The molecule has 0 aliphatic rings. The molecule has 0 aliphatic heterocycles. The fourth-order valence-electron chi connectivity index (χ4n) is 1.17. The van der Waals surface area contributed by atoms with Crippen molar-refractivity contribution < 1.29 is 0 Å². The van der Waals surface area contributed by atoms with Crippen LogP contribution in [0.5, 0.6) is 0 Å². The van der Waals surface area contributed by atoms with Crippen molar-refractivity contribution in [2.75, 3.05) is 0 Å². The molecule has 0 bridgehead atoms. The smallest absolute Gasteiger partial charge is 0.00976 e. The second-order valence-corrected chi connectivity index (χ2v) is 4.43. The van der Waals surface area contributed by atoms with Gasteiger partial charge in [-0.3, -0.25) is 0 Å². The monoisotopic (exact) mass is 172 g/mol. The molecule has 74 valence electrons. The summed E-state index contributed by atoms with van der Waals surface area (Å²) in [5.74, 6) is 0. The van der Waals surface area contributed by atoms with Gasteiger partial charge in [0.15, 0.2) is 0 Å². The Morgan fingerprint density at radius 2 is 1.83 bits per heavy atom. The van der Waals surface area contributed by atoms with Gasteiger partial charge in [0.2, 0.25) is 0 Å². The molecular weight excluding hydrogens is 148 g/mol. The first-order valence-electron chi connectivity index (χ1n) is 5.00. The summed E-state index contributed by atoms with van der Waals surface area (Å²) in [7, 11) is 0. The van der Waals surface area contributed by atoms with E-state index >= 15 is 0 Å². The highest BCUT2D eigenvalue weighted by atomic mass is 14.7. The lowest BCUT2D eigenvalue weighted by atomic mass is 9.95. The normalized spacial score (nSPS) is 14.8. The molecular formula is C10H24N2. The predicted molar refractivity (Wildman–Crippen MR) is 55.0 cm³/mol. The Bertz CT molecular complexity index is 105. The third kappa shape index (κ3) is 8.02. The Balaban J connectivity index is 3.37. The summed E-state index contributed by atoms with van der Waals surface area (Å²) in [4.78, 5) is 0. The third-order valence-electron chi connectivity index (χ3n) is 2.09. The van der Waals surface area contributed by atoms with Crippen molar-refractivity contribution >= 4 is 0 Å². The molecule has 2 heteroatoms. The van der Waals surface area contributed by atoms with Crippen molar-refractivity contribution in [3.63, 3.8) is 0 Å². The lowest BCUT2D eigenvalue weighted by molar-refractivity contribution is 0.415. The van der Waals surface area contributed by atoms with E-state index in [4.69, 9.17) is 11.5 Å². The van der Waals surface area contributed by atoms with Gasteiger partial charge in [-0.2, -0.15) is 0 Å². The van der Waals surface area contributed by atoms with Gasteiger partial charge in [0.05, 0.1) is 0 Å². The highest BCUT2D eigenvalue weighted by molar-refractivity contribution is 4.74. The molecule has 0 fully saturated rings. The van der Waals surface area contributed by atoms with Crippen LogP contribution < -0.4 is 11.5 Å². The molecule has 0 spiro atoms. The van der Waals surface area contributed by atoms with Crippen LogP contribution in [0.25, 0.3) is 0 Å². The second-order valence-electron chi connectivity index (χ2n) is 4.43. The fraction of sp³-hybridized carbons (Fsp3) is 1.00. The summed E-state index contributed by atoms with van der Waals surface area (Å²) in [6.45, 7) is 6.30. The molecule has 0 radical (unpaired) electrons. The zero-order valence-corrected chi connectivity index (χ0v) is 8.77. The zero-order chi connectivity index (χ0) is 9.61. The van der Waals surface area contributed by atoms with E-state index in [-0.39, 0.29) is 5.54 Å². The zero-order valence-electron chi connectivity index (χ0n) is 8.77. The van der Waals surface area contributed by atoms with E-state index in [1.807, 2.05) is 0 Å².